The van der Waals surface area contributed by atoms with Crippen molar-refractivity contribution in [3.8, 4) is 0 Å². The average molecular weight is 423 g/mol. The highest BCUT2D eigenvalue weighted by Gasteiger charge is 2.44. The number of aromatic nitrogens is 4. The van der Waals surface area contributed by atoms with Gasteiger partial charge in [0.1, 0.15) is 36.2 Å². The standard InChI is InChI=1S/C18H29N7O5/c1-9(2)5-24(4-3-10(19)18(28)29)6-11-13(26)14(27)17(30-11)25-8-23-12-15(20)21-7-22-16(12)25/h7-11,13-14,17,26-27H,3-6,19H2,1-2H3,(H,28,29)(H2,20,21,22)/t10-,11+,13+,14+,17+/m0/s1. The lowest BCUT2D eigenvalue weighted by atomic mass is 10.1. The van der Waals surface area contributed by atoms with Gasteiger partial charge in [-0.05, 0) is 12.3 Å². The van der Waals surface area contributed by atoms with Gasteiger partial charge in [-0.3, -0.25) is 9.36 Å². The first-order chi connectivity index (χ1) is 14.2. The Morgan fingerprint density at radius 1 is 1.30 bits per heavy atom. The first-order valence-electron chi connectivity index (χ1n) is 9.84. The van der Waals surface area contributed by atoms with Gasteiger partial charge < -0.3 is 36.4 Å². The number of aliphatic carboxylic acids is 1. The second kappa shape index (κ2) is 9.18. The Morgan fingerprint density at radius 2 is 2.03 bits per heavy atom. The lowest BCUT2D eigenvalue weighted by Crippen LogP contribution is -2.43. The number of aliphatic hydroxyl groups excluding tert-OH is 2. The summed E-state index contributed by atoms with van der Waals surface area (Å²) in [6.45, 7) is 5.47. The van der Waals surface area contributed by atoms with Crippen molar-refractivity contribution in [1.29, 1.82) is 0 Å². The molecule has 2 aromatic heterocycles. The molecule has 1 saturated heterocycles. The summed E-state index contributed by atoms with van der Waals surface area (Å²) in [5.41, 5.74) is 12.2. The number of nitrogens with zero attached hydrogens (tertiary/aromatic N) is 5. The zero-order valence-corrected chi connectivity index (χ0v) is 17.0. The molecule has 166 valence electrons. The lowest BCUT2D eigenvalue weighted by Gasteiger charge is -2.28. The highest BCUT2D eigenvalue weighted by atomic mass is 16.6. The van der Waals surface area contributed by atoms with E-state index in [0.717, 1.165) is 0 Å². The number of hydrogen-bond acceptors (Lipinski definition) is 10. The summed E-state index contributed by atoms with van der Waals surface area (Å²) in [6, 6.07) is -0.963. The Kier molecular flexibility index (Phi) is 6.83. The van der Waals surface area contributed by atoms with Crippen LogP contribution >= 0.6 is 0 Å². The van der Waals surface area contributed by atoms with Crippen LogP contribution in [-0.4, -0.2) is 89.7 Å². The molecule has 3 heterocycles. The minimum atomic E-state index is -1.20. The van der Waals surface area contributed by atoms with Crippen LogP contribution in [0.1, 0.15) is 26.5 Å². The largest absolute Gasteiger partial charge is 0.480 e. The molecular weight excluding hydrogens is 394 g/mol. The number of carboxylic acids is 1. The van der Waals surface area contributed by atoms with E-state index in [-0.39, 0.29) is 12.2 Å². The van der Waals surface area contributed by atoms with Crippen LogP contribution in [0.2, 0.25) is 0 Å². The normalized spacial score (nSPS) is 25.4. The molecule has 2 aromatic rings. The van der Waals surface area contributed by atoms with Gasteiger partial charge in [-0.25, -0.2) is 15.0 Å². The van der Waals surface area contributed by atoms with Gasteiger partial charge in [0.15, 0.2) is 17.7 Å². The second-order valence-electron chi connectivity index (χ2n) is 8.02. The molecule has 12 heteroatoms. The van der Waals surface area contributed by atoms with Crippen molar-refractivity contribution in [1.82, 2.24) is 24.4 Å². The summed E-state index contributed by atoms with van der Waals surface area (Å²) in [7, 11) is 0. The number of rotatable bonds is 9. The Labute approximate surface area is 173 Å². The fourth-order valence-electron chi connectivity index (χ4n) is 3.64. The van der Waals surface area contributed by atoms with E-state index < -0.39 is 36.6 Å². The fraction of sp³-hybridized carbons (Fsp3) is 0.667. The van der Waals surface area contributed by atoms with Crippen LogP contribution in [0.15, 0.2) is 12.7 Å². The SMILES string of the molecule is CC(C)CN(CC[C@H](N)C(=O)O)C[C@H]1O[C@@H](n2cnc3c(N)ncnc32)[C@H](O)[C@@H]1O. The van der Waals surface area contributed by atoms with Crippen LogP contribution in [0.4, 0.5) is 5.82 Å². The topological polar surface area (TPSA) is 186 Å². The maximum absolute atomic E-state index is 11.0. The third kappa shape index (κ3) is 4.68. The van der Waals surface area contributed by atoms with Crippen LogP contribution in [0.25, 0.3) is 11.2 Å². The van der Waals surface area contributed by atoms with Gasteiger partial charge in [0.2, 0.25) is 0 Å². The average Bonchev–Trinajstić information content (AvgIpc) is 3.22. The smallest absolute Gasteiger partial charge is 0.320 e. The van der Waals surface area contributed by atoms with Gasteiger partial charge in [0.05, 0.1) is 6.33 Å². The van der Waals surface area contributed by atoms with E-state index in [1.165, 1.54) is 17.2 Å². The number of carboxylic acid groups (broad SMARTS) is 1. The highest BCUT2D eigenvalue weighted by molar-refractivity contribution is 5.81. The van der Waals surface area contributed by atoms with Gasteiger partial charge in [0, 0.05) is 19.6 Å². The molecule has 0 radical (unpaired) electrons. The molecule has 1 aliphatic rings. The van der Waals surface area contributed by atoms with Crippen LogP contribution in [0, 0.1) is 5.92 Å². The summed E-state index contributed by atoms with van der Waals surface area (Å²) in [6.07, 6.45) is -0.940. The summed E-state index contributed by atoms with van der Waals surface area (Å²) in [5.74, 6) is -0.538. The molecule has 0 aliphatic carbocycles. The molecule has 1 aliphatic heterocycles. The monoisotopic (exact) mass is 423 g/mol. The number of imidazole rings is 1. The van der Waals surface area contributed by atoms with Gasteiger partial charge in [-0.2, -0.15) is 0 Å². The number of hydrogen-bond donors (Lipinski definition) is 5. The first kappa shape index (κ1) is 22.3. The minimum absolute atomic E-state index is 0.209. The molecule has 5 atom stereocenters. The Hall–Kier alpha value is -2.38. The van der Waals surface area contributed by atoms with Crippen molar-refractivity contribution in [2.45, 2.75) is 50.8 Å². The van der Waals surface area contributed by atoms with Gasteiger partial charge in [-0.1, -0.05) is 13.8 Å². The summed E-state index contributed by atoms with van der Waals surface area (Å²) in [5, 5.41) is 30.2. The first-order valence-corrected chi connectivity index (χ1v) is 9.84. The van der Waals surface area contributed by atoms with E-state index >= 15 is 0 Å². The number of ether oxygens (including phenoxy) is 1. The van der Waals surface area contributed by atoms with Crippen LogP contribution in [0.3, 0.4) is 0 Å². The fourth-order valence-corrected chi connectivity index (χ4v) is 3.64. The summed E-state index contributed by atoms with van der Waals surface area (Å²) in [4.78, 5) is 25.2. The molecule has 0 unspecified atom stereocenters. The van der Waals surface area contributed by atoms with Crippen molar-refractivity contribution in [2.75, 3.05) is 25.4 Å². The molecule has 30 heavy (non-hydrogen) atoms. The Balaban J connectivity index is 1.74. The van der Waals surface area contributed by atoms with E-state index in [2.05, 4.69) is 15.0 Å². The third-order valence-corrected chi connectivity index (χ3v) is 5.13. The molecule has 0 saturated carbocycles. The van der Waals surface area contributed by atoms with Crippen molar-refractivity contribution in [2.24, 2.45) is 11.7 Å². The molecule has 0 aromatic carbocycles. The van der Waals surface area contributed by atoms with E-state index in [1.807, 2.05) is 18.7 Å². The van der Waals surface area contributed by atoms with Crippen LogP contribution in [-0.2, 0) is 9.53 Å². The molecule has 0 amide bonds. The lowest BCUT2D eigenvalue weighted by molar-refractivity contribution is -0.138. The van der Waals surface area contributed by atoms with Crippen molar-refractivity contribution in [3.05, 3.63) is 12.7 Å². The number of fused-ring (bicyclic) bond motifs is 1. The van der Waals surface area contributed by atoms with Crippen LogP contribution in [0.5, 0.6) is 0 Å². The Bertz CT molecular complexity index is 876. The second-order valence-corrected chi connectivity index (χ2v) is 8.02. The van der Waals surface area contributed by atoms with Gasteiger partial charge in [-0.15, -0.1) is 0 Å². The van der Waals surface area contributed by atoms with E-state index in [9.17, 15) is 15.0 Å². The van der Waals surface area contributed by atoms with E-state index in [4.69, 9.17) is 21.3 Å². The zero-order chi connectivity index (χ0) is 22.0. The number of nitrogens with two attached hydrogens (primary N) is 2. The van der Waals surface area contributed by atoms with Crippen molar-refractivity contribution < 1.29 is 24.9 Å². The summed E-state index contributed by atoms with van der Waals surface area (Å²) < 4.78 is 7.50. The maximum Gasteiger partial charge on any atom is 0.320 e. The Morgan fingerprint density at radius 3 is 2.70 bits per heavy atom. The molecule has 3 rings (SSSR count). The van der Waals surface area contributed by atoms with Crippen LogP contribution < -0.4 is 11.5 Å². The predicted molar refractivity (Wildman–Crippen MR) is 107 cm³/mol. The predicted octanol–water partition coefficient (Wildman–Crippen LogP) is -1.21. The summed E-state index contributed by atoms with van der Waals surface area (Å²) >= 11 is 0. The quantitative estimate of drug-likeness (QED) is 0.326. The zero-order valence-electron chi connectivity index (χ0n) is 17.0. The van der Waals surface area contributed by atoms with Gasteiger partial charge in [0.25, 0.3) is 0 Å². The highest BCUT2D eigenvalue weighted by Crippen LogP contribution is 2.32. The number of nitrogen functional groups attached to an aromatic ring is 1. The van der Waals surface area contributed by atoms with Crippen molar-refractivity contribution in [3.63, 3.8) is 0 Å². The van der Waals surface area contributed by atoms with Gasteiger partial charge >= 0.3 is 5.97 Å². The number of carbonyl (C=O) groups is 1. The maximum atomic E-state index is 11.0. The number of anilines is 1. The molecule has 0 spiro atoms. The van der Waals surface area contributed by atoms with E-state index in [1.54, 1.807) is 0 Å². The third-order valence-electron chi connectivity index (χ3n) is 5.13. The molecule has 12 nitrogen and oxygen atoms in total. The van der Waals surface area contributed by atoms with Crippen molar-refractivity contribution >= 4 is 23.0 Å². The molecule has 1 fully saturated rings. The number of aliphatic hydroxyl groups is 2. The molecule has 0 bridgehead atoms. The molecular formula is C18H29N7O5. The minimum Gasteiger partial charge on any atom is -0.480 e. The molecule has 7 N–H and O–H groups in total. The van der Waals surface area contributed by atoms with E-state index in [0.29, 0.717) is 36.7 Å².